The van der Waals surface area contributed by atoms with Crippen LogP contribution in [-0.2, 0) is 6.42 Å². The number of hydrogen-bond donors (Lipinski definition) is 1. The maximum Gasteiger partial charge on any atom is 0.0453 e. The van der Waals surface area contributed by atoms with Crippen LogP contribution < -0.4 is 5.32 Å². The highest BCUT2D eigenvalue weighted by molar-refractivity contribution is 6.36. The zero-order chi connectivity index (χ0) is 14.8. The first-order valence-electron chi connectivity index (χ1n) is 8.38. The molecule has 3 unspecified atom stereocenters. The lowest BCUT2D eigenvalue weighted by molar-refractivity contribution is 0.428. The minimum atomic E-state index is 0.537. The number of hydrogen-bond acceptors (Lipinski definition) is 1. The summed E-state index contributed by atoms with van der Waals surface area (Å²) in [5.74, 6) is 2.75. The fourth-order valence-corrected chi connectivity index (χ4v) is 4.82. The van der Waals surface area contributed by atoms with Crippen LogP contribution in [0.15, 0.2) is 18.2 Å². The van der Waals surface area contributed by atoms with Gasteiger partial charge in [-0.3, -0.25) is 0 Å². The summed E-state index contributed by atoms with van der Waals surface area (Å²) in [7, 11) is 0. The molecule has 0 spiro atoms. The summed E-state index contributed by atoms with van der Waals surface area (Å²) in [5.41, 5.74) is 1.12. The molecule has 0 aromatic heterocycles. The van der Waals surface area contributed by atoms with Gasteiger partial charge in [-0.2, -0.15) is 0 Å². The van der Waals surface area contributed by atoms with Crippen LogP contribution in [0.5, 0.6) is 0 Å². The third-order valence-corrected chi connectivity index (χ3v) is 6.04. The van der Waals surface area contributed by atoms with E-state index in [9.17, 15) is 0 Å². The largest absolute Gasteiger partial charge is 0.313 e. The SMILES string of the molecule is CCCNC(Cc1c(Cl)cccc1Cl)C1C2CCCCC21. The highest BCUT2D eigenvalue weighted by Crippen LogP contribution is 2.57. The van der Waals surface area contributed by atoms with Crippen LogP contribution >= 0.6 is 23.2 Å². The Bertz CT molecular complexity index is 456. The van der Waals surface area contributed by atoms with Crippen molar-refractivity contribution < 1.29 is 0 Å². The molecule has 3 atom stereocenters. The molecule has 2 aliphatic carbocycles. The van der Waals surface area contributed by atoms with Gasteiger partial charge < -0.3 is 5.32 Å². The molecule has 0 saturated heterocycles. The monoisotopic (exact) mass is 325 g/mol. The second-order valence-electron chi connectivity index (χ2n) is 6.65. The van der Waals surface area contributed by atoms with E-state index < -0.39 is 0 Å². The molecule has 0 amide bonds. The summed E-state index contributed by atoms with van der Waals surface area (Å²) in [6.45, 7) is 3.31. The average molecular weight is 326 g/mol. The van der Waals surface area contributed by atoms with E-state index in [2.05, 4.69) is 12.2 Å². The number of halogens is 2. The maximum absolute atomic E-state index is 6.37. The van der Waals surface area contributed by atoms with Gasteiger partial charge in [0.2, 0.25) is 0 Å². The van der Waals surface area contributed by atoms with Crippen molar-refractivity contribution in [2.75, 3.05) is 6.54 Å². The summed E-state index contributed by atoms with van der Waals surface area (Å²) < 4.78 is 0. The van der Waals surface area contributed by atoms with Gasteiger partial charge in [0.15, 0.2) is 0 Å². The van der Waals surface area contributed by atoms with E-state index in [4.69, 9.17) is 23.2 Å². The third kappa shape index (κ3) is 3.41. The van der Waals surface area contributed by atoms with Crippen molar-refractivity contribution in [3.8, 4) is 0 Å². The molecule has 0 bridgehead atoms. The van der Waals surface area contributed by atoms with Crippen molar-refractivity contribution in [3.05, 3.63) is 33.8 Å². The van der Waals surface area contributed by atoms with Gasteiger partial charge in [-0.05, 0) is 67.7 Å². The molecule has 2 fully saturated rings. The second-order valence-corrected chi connectivity index (χ2v) is 7.47. The van der Waals surface area contributed by atoms with Gasteiger partial charge in [-0.15, -0.1) is 0 Å². The van der Waals surface area contributed by atoms with Crippen molar-refractivity contribution in [2.45, 2.75) is 51.5 Å². The predicted octanol–water partition coefficient (Wildman–Crippen LogP) is 5.34. The lowest BCUT2D eigenvalue weighted by Crippen LogP contribution is -2.35. The molecule has 21 heavy (non-hydrogen) atoms. The molecule has 0 heterocycles. The molecule has 3 heteroatoms. The number of nitrogens with one attached hydrogen (secondary N) is 1. The fourth-order valence-electron chi connectivity index (χ4n) is 4.27. The van der Waals surface area contributed by atoms with E-state index in [-0.39, 0.29) is 0 Å². The van der Waals surface area contributed by atoms with Crippen LogP contribution in [0.2, 0.25) is 10.0 Å². The number of fused-ring (bicyclic) bond motifs is 1. The van der Waals surface area contributed by atoms with E-state index >= 15 is 0 Å². The Morgan fingerprint density at radius 2 is 1.76 bits per heavy atom. The summed E-state index contributed by atoms with van der Waals surface area (Å²) >= 11 is 12.7. The topological polar surface area (TPSA) is 12.0 Å². The molecule has 0 radical (unpaired) electrons. The minimum Gasteiger partial charge on any atom is -0.313 e. The molecule has 1 nitrogen and oxygen atoms in total. The van der Waals surface area contributed by atoms with Crippen LogP contribution in [-0.4, -0.2) is 12.6 Å². The maximum atomic E-state index is 6.37. The summed E-state index contributed by atoms with van der Waals surface area (Å²) in [6.07, 6.45) is 7.84. The van der Waals surface area contributed by atoms with Crippen LogP contribution in [0.3, 0.4) is 0 Å². The lowest BCUT2D eigenvalue weighted by Gasteiger charge is -2.20. The molecular formula is C18H25Cl2N. The molecule has 3 rings (SSSR count). The fraction of sp³-hybridized carbons (Fsp3) is 0.667. The van der Waals surface area contributed by atoms with Crippen LogP contribution in [0, 0.1) is 17.8 Å². The summed E-state index contributed by atoms with van der Waals surface area (Å²) in [5, 5.41) is 5.40. The zero-order valence-corrected chi connectivity index (χ0v) is 14.3. The van der Waals surface area contributed by atoms with Crippen molar-refractivity contribution in [2.24, 2.45) is 17.8 Å². The van der Waals surface area contributed by atoms with Gasteiger partial charge in [-0.1, -0.05) is 49.0 Å². The Kier molecular flexibility index (Phi) is 5.14. The molecule has 2 aliphatic rings. The molecular weight excluding hydrogens is 301 g/mol. The Morgan fingerprint density at radius 1 is 1.14 bits per heavy atom. The van der Waals surface area contributed by atoms with Gasteiger partial charge in [0, 0.05) is 16.1 Å². The quantitative estimate of drug-likeness (QED) is 0.744. The highest BCUT2D eigenvalue weighted by atomic mass is 35.5. The van der Waals surface area contributed by atoms with Gasteiger partial charge >= 0.3 is 0 Å². The van der Waals surface area contributed by atoms with Gasteiger partial charge in [0.1, 0.15) is 0 Å². The number of benzene rings is 1. The molecule has 2 saturated carbocycles. The van der Waals surface area contributed by atoms with E-state index in [1.165, 1.54) is 32.1 Å². The smallest absolute Gasteiger partial charge is 0.0453 e. The average Bonchev–Trinajstić information content (AvgIpc) is 3.21. The van der Waals surface area contributed by atoms with Crippen LogP contribution in [0.25, 0.3) is 0 Å². The van der Waals surface area contributed by atoms with E-state index in [0.29, 0.717) is 6.04 Å². The molecule has 116 valence electrons. The van der Waals surface area contributed by atoms with Crippen LogP contribution in [0.4, 0.5) is 0 Å². The van der Waals surface area contributed by atoms with Crippen molar-refractivity contribution in [1.82, 2.24) is 5.32 Å². The third-order valence-electron chi connectivity index (χ3n) is 5.33. The molecule has 1 aromatic rings. The molecule has 0 aliphatic heterocycles. The van der Waals surface area contributed by atoms with E-state index in [1.807, 2.05) is 18.2 Å². The molecule has 1 N–H and O–H groups in total. The van der Waals surface area contributed by atoms with E-state index in [1.54, 1.807) is 0 Å². The molecule has 1 aromatic carbocycles. The Morgan fingerprint density at radius 3 is 2.33 bits per heavy atom. The first-order valence-corrected chi connectivity index (χ1v) is 9.14. The Labute approximate surface area is 138 Å². The van der Waals surface area contributed by atoms with Gasteiger partial charge in [-0.25, -0.2) is 0 Å². The van der Waals surface area contributed by atoms with E-state index in [0.717, 1.165) is 46.3 Å². The minimum absolute atomic E-state index is 0.537. The Hall–Kier alpha value is -0.240. The number of rotatable bonds is 6. The normalized spacial score (nSPS) is 29.0. The Balaban J connectivity index is 1.74. The van der Waals surface area contributed by atoms with Crippen LogP contribution in [0.1, 0.15) is 44.6 Å². The van der Waals surface area contributed by atoms with Crippen molar-refractivity contribution in [3.63, 3.8) is 0 Å². The lowest BCUT2D eigenvalue weighted by atomic mass is 9.99. The van der Waals surface area contributed by atoms with Gasteiger partial charge in [0.05, 0.1) is 0 Å². The first kappa shape index (κ1) is 15.6. The predicted molar refractivity (Wildman–Crippen MR) is 91.2 cm³/mol. The summed E-state index contributed by atoms with van der Waals surface area (Å²) in [4.78, 5) is 0. The zero-order valence-electron chi connectivity index (χ0n) is 12.7. The summed E-state index contributed by atoms with van der Waals surface area (Å²) in [6, 6.07) is 6.38. The van der Waals surface area contributed by atoms with Crippen molar-refractivity contribution >= 4 is 23.2 Å². The van der Waals surface area contributed by atoms with Crippen molar-refractivity contribution in [1.29, 1.82) is 0 Å². The highest BCUT2D eigenvalue weighted by Gasteiger charge is 2.53. The first-order chi connectivity index (χ1) is 10.2. The second kappa shape index (κ2) is 6.89. The van der Waals surface area contributed by atoms with Gasteiger partial charge in [0.25, 0.3) is 0 Å². The standard InChI is InChI=1S/C18H25Cl2N/c1-2-10-21-17(18-12-6-3-4-7-13(12)18)11-14-15(19)8-5-9-16(14)20/h5,8-9,12-13,17-18,21H,2-4,6-7,10-11H2,1H3.